The minimum Gasteiger partial charge on any atom is -0.465 e. The van der Waals surface area contributed by atoms with Gasteiger partial charge in [-0.1, -0.05) is 11.3 Å². The van der Waals surface area contributed by atoms with Gasteiger partial charge in [-0.2, -0.15) is 0 Å². The molecular formula is C10H9NO3S. The lowest BCUT2D eigenvalue weighted by atomic mass is 10.1. The van der Waals surface area contributed by atoms with Crippen molar-refractivity contribution in [1.82, 2.24) is 4.98 Å². The van der Waals surface area contributed by atoms with Gasteiger partial charge in [0.05, 0.1) is 22.9 Å². The summed E-state index contributed by atoms with van der Waals surface area (Å²) in [6, 6.07) is 3.42. The molecule has 1 heterocycles. The number of hydrogen-bond donors (Lipinski definition) is 1. The van der Waals surface area contributed by atoms with E-state index in [0.717, 1.165) is 21.6 Å². The summed E-state index contributed by atoms with van der Waals surface area (Å²) in [5.41, 5.74) is 1.95. The van der Waals surface area contributed by atoms with Crippen molar-refractivity contribution in [3.8, 4) is 0 Å². The molecule has 1 aromatic heterocycles. The van der Waals surface area contributed by atoms with Crippen molar-refractivity contribution in [2.24, 2.45) is 0 Å². The van der Waals surface area contributed by atoms with Crippen LogP contribution in [0.2, 0.25) is 0 Å². The molecule has 2 aromatic rings. The molecule has 0 spiro atoms. The van der Waals surface area contributed by atoms with Crippen molar-refractivity contribution in [2.75, 3.05) is 7.11 Å². The monoisotopic (exact) mass is 223 g/mol. The molecule has 0 atom stereocenters. The molecule has 0 aliphatic rings. The van der Waals surface area contributed by atoms with Crippen LogP contribution in [0, 0.1) is 6.92 Å². The number of aryl methyl sites for hydroxylation is 1. The van der Waals surface area contributed by atoms with Crippen molar-refractivity contribution in [1.29, 1.82) is 0 Å². The largest absolute Gasteiger partial charge is 0.465 e. The molecule has 0 radical (unpaired) electrons. The molecule has 4 nitrogen and oxygen atoms in total. The molecule has 0 unspecified atom stereocenters. The number of H-pyrrole nitrogens is 1. The molecule has 78 valence electrons. The Kier molecular flexibility index (Phi) is 2.32. The molecule has 0 amide bonds. The van der Waals surface area contributed by atoms with E-state index in [1.54, 1.807) is 19.1 Å². The Bertz CT molecular complexity index is 582. The number of rotatable bonds is 1. The van der Waals surface area contributed by atoms with E-state index in [9.17, 15) is 9.59 Å². The highest BCUT2D eigenvalue weighted by Gasteiger charge is 2.12. The van der Waals surface area contributed by atoms with E-state index >= 15 is 0 Å². The quantitative estimate of drug-likeness (QED) is 0.748. The Hall–Kier alpha value is -1.62. The van der Waals surface area contributed by atoms with Gasteiger partial charge in [0.2, 0.25) is 0 Å². The standard InChI is InChI=1S/C10H9NO3S/c1-5-6(9(12)14-2)3-4-7-8(5)11-10(13)15-7/h3-4H,1-2H3,(H,11,13). The van der Waals surface area contributed by atoms with E-state index in [1.807, 2.05) is 0 Å². The van der Waals surface area contributed by atoms with Crippen LogP contribution >= 0.6 is 11.3 Å². The van der Waals surface area contributed by atoms with E-state index in [0.29, 0.717) is 11.1 Å². The van der Waals surface area contributed by atoms with Gasteiger partial charge < -0.3 is 9.72 Å². The molecule has 0 bridgehead atoms. The van der Waals surface area contributed by atoms with Gasteiger partial charge in [0.1, 0.15) is 0 Å². The number of ether oxygens (including phenoxy) is 1. The van der Waals surface area contributed by atoms with Crippen LogP contribution in [0.5, 0.6) is 0 Å². The molecule has 5 heteroatoms. The average molecular weight is 223 g/mol. The summed E-state index contributed by atoms with van der Waals surface area (Å²) >= 11 is 1.13. The molecular weight excluding hydrogens is 214 g/mol. The van der Waals surface area contributed by atoms with Gasteiger partial charge in [0.15, 0.2) is 0 Å². The minimum absolute atomic E-state index is 0.116. The number of aromatic amines is 1. The Balaban J connectivity index is 2.74. The zero-order valence-corrected chi connectivity index (χ0v) is 9.10. The number of nitrogens with one attached hydrogen (secondary N) is 1. The third kappa shape index (κ3) is 1.55. The number of thiazole rings is 1. The predicted octanol–water partition coefficient (Wildman–Crippen LogP) is 1.68. The summed E-state index contributed by atoms with van der Waals surface area (Å²) in [6.45, 7) is 1.79. The predicted molar refractivity (Wildman–Crippen MR) is 58.5 cm³/mol. The second-order valence-electron chi connectivity index (χ2n) is 3.12. The molecule has 1 aromatic carbocycles. The number of carbonyl (C=O) groups is 1. The highest BCUT2D eigenvalue weighted by Crippen LogP contribution is 2.21. The van der Waals surface area contributed by atoms with Crippen LogP contribution in [0.3, 0.4) is 0 Å². The first-order valence-corrected chi connectivity index (χ1v) is 5.16. The summed E-state index contributed by atoms with van der Waals surface area (Å²) in [4.78, 5) is 25.1. The zero-order valence-electron chi connectivity index (χ0n) is 8.29. The van der Waals surface area contributed by atoms with Gasteiger partial charge >= 0.3 is 10.8 Å². The highest BCUT2D eigenvalue weighted by molar-refractivity contribution is 7.16. The number of carbonyl (C=O) groups excluding carboxylic acids is 1. The Labute approximate surface area is 89.5 Å². The SMILES string of the molecule is COC(=O)c1ccc2sc(=O)[nH]c2c1C. The molecule has 15 heavy (non-hydrogen) atoms. The second-order valence-corrected chi connectivity index (χ2v) is 4.13. The summed E-state index contributed by atoms with van der Waals surface area (Å²) in [7, 11) is 1.34. The van der Waals surface area contributed by atoms with Crippen molar-refractivity contribution in [3.05, 3.63) is 32.9 Å². The average Bonchev–Trinajstić information content (AvgIpc) is 2.59. The van der Waals surface area contributed by atoms with Crippen LogP contribution in [-0.2, 0) is 4.74 Å². The summed E-state index contributed by atoms with van der Waals surface area (Å²) in [5.74, 6) is -0.388. The number of fused-ring (bicyclic) bond motifs is 1. The van der Waals surface area contributed by atoms with Gasteiger partial charge in [-0.3, -0.25) is 4.79 Å². The summed E-state index contributed by atoms with van der Waals surface area (Å²) < 4.78 is 5.50. The Morgan fingerprint density at radius 1 is 1.47 bits per heavy atom. The summed E-state index contributed by atoms with van der Waals surface area (Å²) in [6.07, 6.45) is 0. The molecule has 2 rings (SSSR count). The fraction of sp³-hybridized carbons (Fsp3) is 0.200. The number of benzene rings is 1. The molecule has 0 saturated carbocycles. The maximum atomic E-state index is 11.4. The molecule has 0 saturated heterocycles. The van der Waals surface area contributed by atoms with E-state index < -0.39 is 0 Å². The van der Waals surface area contributed by atoms with Crippen molar-refractivity contribution in [2.45, 2.75) is 6.92 Å². The smallest absolute Gasteiger partial charge is 0.338 e. The number of esters is 1. The lowest BCUT2D eigenvalue weighted by Gasteiger charge is -2.03. The van der Waals surface area contributed by atoms with Gasteiger partial charge in [0, 0.05) is 0 Å². The maximum Gasteiger partial charge on any atom is 0.338 e. The highest BCUT2D eigenvalue weighted by atomic mass is 32.1. The van der Waals surface area contributed by atoms with Crippen LogP contribution in [0.15, 0.2) is 16.9 Å². The first-order valence-electron chi connectivity index (χ1n) is 4.34. The van der Waals surface area contributed by atoms with E-state index in [1.165, 1.54) is 7.11 Å². The number of aromatic nitrogens is 1. The first-order chi connectivity index (χ1) is 7.13. The lowest BCUT2D eigenvalue weighted by Crippen LogP contribution is -2.04. The van der Waals surface area contributed by atoms with Crippen molar-refractivity contribution < 1.29 is 9.53 Å². The maximum absolute atomic E-state index is 11.4. The molecule has 1 N–H and O–H groups in total. The van der Waals surface area contributed by atoms with Gasteiger partial charge in [-0.05, 0) is 24.6 Å². The Morgan fingerprint density at radius 3 is 2.87 bits per heavy atom. The second kappa shape index (κ2) is 3.51. The third-order valence-corrected chi connectivity index (χ3v) is 3.11. The first kappa shape index (κ1) is 9.92. The topological polar surface area (TPSA) is 59.2 Å². The van der Waals surface area contributed by atoms with Crippen LogP contribution in [0.4, 0.5) is 0 Å². The molecule has 0 fully saturated rings. The van der Waals surface area contributed by atoms with Crippen LogP contribution in [0.1, 0.15) is 15.9 Å². The van der Waals surface area contributed by atoms with Gasteiger partial charge in [-0.15, -0.1) is 0 Å². The van der Waals surface area contributed by atoms with Crippen LogP contribution < -0.4 is 4.87 Å². The summed E-state index contributed by atoms with van der Waals surface area (Å²) in [5, 5.41) is 0. The number of methoxy groups -OCH3 is 1. The lowest BCUT2D eigenvalue weighted by molar-refractivity contribution is 0.0600. The zero-order chi connectivity index (χ0) is 11.0. The molecule has 0 aliphatic heterocycles. The van der Waals surface area contributed by atoms with E-state index in [4.69, 9.17) is 0 Å². The van der Waals surface area contributed by atoms with Crippen LogP contribution in [0.25, 0.3) is 10.2 Å². The number of hydrogen-bond acceptors (Lipinski definition) is 4. The molecule has 0 aliphatic carbocycles. The Morgan fingerprint density at radius 2 is 2.20 bits per heavy atom. The van der Waals surface area contributed by atoms with Crippen LogP contribution in [-0.4, -0.2) is 18.1 Å². The van der Waals surface area contributed by atoms with E-state index in [2.05, 4.69) is 9.72 Å². The van der Waals surface area contributed by atoms with Crippen molar-refractivity contribution in [3.63, 3.8) is 0 Å². The van der Waals surface area contributed by atoms with Crippen molar-refractivity contribution >= 4 is 27.5 Å². The fourth-order valence-electron chi connectivity index (χ4n) is 1.49. The van der Waals surface area contributed by atoms with E-state index in [-0.39, 0.29) is 10.8 Å². The van der Waals surface area contributed by atoms with Gasteiger partial charge in [0.25, 0.3) is 0 Å². The minimum atomic E-state index is -0.388. The normalized spacial score (nSPS) is 10.5. The van der Waals surface area contributed by atoms with Gasteiger partial charge in [-0.25, -0.2) is 4.79 Å². The fourth-order valence-corrected chi connectivity index (χ4v) is 2.28. The third-order valence-electron chi connectivity index (χ3n) is 2.26.